The largest absolute Gasteiger partial charge is 0.311 e. The molecule has 0 aliphatic carbocycles. The number of nitrogens with zero attached hydrogens (tertiary/aromatic N) is 1. The fraction of sp³-hybridized carbons (Fsp3) is 0.727. The second kappa shape index (κ2) is 6.96. The minimum absolute atomic E-state index is 0.931. The number of rotatable bonds is 7. The molecule has 1 aromatic rings. The van der Waals surface area contributed by atoms with Gasteiger partial charge < -0.3 is 5.32 Å². The van der Waals surface area contributed by atoms with Gasteiger partial charge in [0.15, 0.2) is 0 Å². The molecule has 0 aliphatic heterocycles. The SMILES string of the molecule is CCCCCNCc1csc(CC)n1. The molecule has 80 valence electrons. The van der Waals surface area contributed by atoms with Crippen LogP contribution in [0.5, 0.6) is 0 Å². The molecule has 0 fully saturated rings. The van der Waals surface area contributed by atoms with Gasteiger partial charge in [-0.05, 0) is 19.4 Å². The van der Waals surface area contributed by atoms with E-state index in [4.69, 9.17) is 0 Å². The van der Waals surface area contributed by atoms with E-state index in [2.05, 4.69) is 29.5 Å². The summed E-state index contributed by atoms with van der Waals surface area (Å²) in [5, 5.41) is 6.82. The van der Waals surface area contributed by atoms with E-state index in [9.17, 15) is 0 Å². The smallest absolute Gasteiger partial charge is 0.0926 e. The summed E-state index contributed by atoms with van der Waals surface area (Å²) in [6.45, 7) is 6.43. The van der Waals surface area contributed by atoms with Gasteiger partial charge in [-0.2, -0.15) is 0 Å². The Bertz CT molecular complexity index is 245. The molecule has 0 bridgehead atoms. The topological polar surface area (TPSA) is 24.9 Å². The van der Waals surface area contributed by atoms with Gasteiger partial charge in [-0.25, -0.2) is 4.98 Å². The standard InChI is InChI=1S/C11H20N2S/c1-3-5-6-7-12-8-10-9-14-11(4-2)13-10/h9,12H,3-8H2,1-2H3. The van der Waals surface area contributed by atoms with Crippen molar-refractivity contribution < 1.29 is 0 Å². The molecule has 0 amide bonds. The lowest BCUT2D eigenvalue weighted by atomic mass is 10.2. The summed E-state index contributed by atoms with van der Waals surface area (Å²) in [4.78, 5) is 4.50. The van der Waals surface area contributed by atoms with Crippen LogP contribution in [0, 0.1) is 0 Å². The monoisotopic (exact) mass is 212 g/mol. The third-order valence-corrected chi connectivity index (χ3v) is 3.21. The van der Waals surface area contributed by atoms with E-state index < -0.39 is 0 Å². The molecule has 1 heterocycles. The highest BCUT2D eigenvalue weighted by Crippen LogP contribution is 2.09. The molecule has 1 aromatic heterocycles. The number of thiazole rings is 1. The van der Waals surface area contributed by atoms with Crippen LogP contribution >= 0.6 is 11.3 Å². The number of aromatic nitrogens is 1. The molecule has 14 heavy (non-hydrogen) atoms. The fourth-order valence-electron chi connectivity index (χ4n) is 1.31. The third-order valence-electron chi connectivity index (χ3n) is 2.16. The zero-order valence-electron chi connectivity index (χ0n) is 9.18. The minimum Gasteiger partial charge on any atom is -0.311 e. The number of aryl methyl sites for hydroxylation is 1. The zero-order valence-corrected chi connectivity index (χ0v) is 9.99. The van der Waals surface area contributed by atoms with Gasteiger partial charge in [-0.3, -0.25) is 0 Å². The molecule has 0 unspecified atom stereocenters. The molecule has 1 rings (SSSR count). The molecule has 1 N–H and O–H groups in total. The maximum Gasteiger partial charge on any atom is 0.0926 e. The average molecular weight is 212 g/mol. The molecule has 0 aromatic carbocycles. The normalized spacial score (nSPS) is 10.7. The molecule has 0 saturated heterocycles. The van der Waals surface area contributed by atoms with E-state index in [0.717, 1.165) is 19.5 Å². The van der Waals surface area contributed by atoms with Gasteiger partial charge in [0.25, 0.3) is 0 Å². The Balaban J connectivity index is 2.12. The van der Waals surface area contributed by atoms with E-state index in [0.29, 0.717) is 0 Å². The first-order valence-electron chi connectivity index (χ1n) is 5.50. The van der Waals surface area contributed by atoms with Crippen molar-refractivity contribution in [2.75, 3.05) is 6.54 Å². The Morgan fingerprint density at radius 1 is 1.36 bits per heavy atom. The lowest BCUT2D eigenvalue weighted by Crippen LogP contribution is -2.14. The van der Waals surface area contributed by atoms with Crippen LogP contribution in [-0.2, 0) is 13.0 Å². The molecular formula is C11H20N2S. The van der Waals surface area contributed by atoms with Crippen molar-refractivity contribution in [3.63, 3.8) is 0 Å². The third kappa shape index (κ3) is 4.20. The van der Waals surface area contributed by atoms with Crippen molar-refractivity contribution in [3.8, 4) is 0 Å². The molecule has 0 atom stereocenters. The van der Waals surface area contributed by atoms with Gasteiger partial charge in [0.2, 0.25) is 0 Å². The van der Waals surface area contributed by atoms with Gasteiger partial charge in [0.05, 0.1) is 10.7 Å². The van der Waals surface area contributed by atoms with Crippen molar-refractivity contribution in [1.29, 1.82) is 0 Å². The second-order valence-electron chi connectivity index (χ2n) is 3.47. The van der Waals surface area contributed by atoms with Gasteiger partial charge in [-0.15, -0.1) is 11.3 Å². The highest BCUT2D eigenvalue weighted by molar-refractivity contribution is 7.09. The maximum atomic E-state index is 4.50. The first-order valence-corrected chi connectivity index (χ1v) is 6.38. The predicted molar refractivity (Wildman–Crippen MR) is 62.7 cm³/mol. The Hall–Kier alpha value is -0.410. The van der Waals surface area contributed by atoms with Crippen LogP contribution in [0.4, 0.5) is 0 Å². The molecular weight excluding hydrogens is 192 g/mol. The summed E-state index contributed by atoms with van der Waals surface area (Å²) >= 11 is 1.77. The van der Waals surface area contributed by atoms with Crippen LogP contribution in [0.15, 0.2) is 5.38 Å². The van der Waals surface area contributed by atoms with E-state index >= 15 is 0 Å². The number of hydrogen-bond donors (Lipinski definition) is 1. The first kappa shape index (κ1) is 11.7. The highest BCUT2D eigenvalue weighted by Gasteiger charge is 1.98. The van der Waals surface area contributed by atoms with Crippen LogP contribution in [-0.4, -0.2) is 11.5 Å². The van der Waals surface area contributed by atoms with Crippen molar-refractivity contribution >= 4 is 11.3 Å². The quantitative estimate of drug-likeness (QED) is 0.703. The predicted octanol–water partition coefficient (Wildman–Crippen LogP) is 2.99. The Morgan fingerprint density at radius 3 is 2.86 bits per heavy atom. The Labute approximate surface area is 90.8 Å². The van der Waals surface area contributed by atoms with E-state index in [1.807, 2.05) is 0 Å². The summed E-state index contributed by atoms with van der Waals surface area (Å²) < 4.78 is 0. The summed E-state index contributed by atoms with van der Waals surface area (Å²) in [5.41, 5.74) is 1.20. The van der Waals surface area contributed by atoms with Crippen molar-refractivity contribution in [2.24, 2.45) is 0 Å². The van der Waals surface area contributed by atoms with Crippen molar-refractivity contribution in [3.05, 3.63) is 16.1 Å². The number of hydrogen-bond acceptors (Lipinski definition) is 3. The van der Waals surface area contributed by atoms with Crippen LogP contribution in [0.3, 0.4) is 0 Å². The van der Waals surface area contributed by atoms with Crippen LogP contribution < -0.4 is 5.32 Å². The molecule has 2 nitrogen and oxygen atoms in total. The maximum absolute atomic E-state index is 4.50. The second-order valence-corrected chi connectivity index (χ2v) is 4.41. The van der Waals surface area contributed by atoms with Crippen LogP contribution in [0.1, 0.15) is 43.8 Å². The summed E-state index contributed by atoms with van der Waals surface area (Å²) in [6, 6.07) is 0. The van der Waals surface area contributed by atoms with Crippen LogP contribution in [0.2, 0.25) is 0 Å². The first-order chi connectivity index (χ1) is 6.86. The molecule has 0 radical (unpaired) electrons. The van der Waals surface area contributed by atoms with Gasteiger partial charge in [-0.1, -0.05) is 26.7 Å². The highest BCUT2D eigenvalue weighted by atomic mass is 32.1. The fourth-order valence-corrected chi connectivity index (χ4v) is 2.05. The van der Waals surface area contributed by atoms with Crippen molar-refractivity contribution in [1.82, 2.24) is 10.3 Å². The minimum atomic E-state index is 0.931. The summed E-state index contributed by atoms with van der Waals surface area (Å²) in [5.74, 6) is 0. The Morgan fingerprint density at radius 2 is 2.21 bits per heavy atom. The van der Waals surface area contributed by atoms with Gasteiger partial charge in [0.1, 0.15) is 0 Å². The summed E-state index contributed by atoms with van der Waals surface area (Å²) in [7, 11) is 0. The summed E-state index contributed by atoms with van der Waals surface area (Å²) in [6.07, 6.45) is 4.95. The molecule has 0 aliphatic rings. The lowest BCUT2D eigenvalue weighted by Gasteiger charge is -2.00. The molecule has 0 saturated carbocycles. The van der Waals surface area contributed by atoms with E-state index in [-0.39, 0.29) is 0 Å². The molecule has 3 heteroatoms. The zero-order chi connectivity index (χ0) is 10.2. The molecule has 0 spiro atoms. The van der Waals surface area contributed by atoms with E-state index in [1.165, 1.54) is 30.0 Å². The Kier molecular flexibility index (Phi) is 5.80. The van der Waals surface area contributed by atoms with Crippen molar-refractivity contribution in [2.45, 2.75) is 46.1 Å². The van der Waals surface area contributed by atoms with Crippen LogP contribution in [0.25, 0.3) is 0 Å². The average Bonchev–Trinajstić information content (AvgIpc) is 2.65. The number of unbranched alkanes of at least 4 members (excludes halogenated alkanes) is 2. The number of nitrogens with one attached hydrogen (secondary N) is 1. The van der Waals surface area contributed by atoms with E-state index in [1.54, 1.807) is 11.3 Å². The van der Waals surface area contributed by atoms with Gasteiger partial charge in [0, 0.05) is 11.9 Å². The van der Waals surface area contributed by atoms with Gasteiger partial charge >= 0.3 is 0 Å². The lowest BCUT2D eigenvalue weighted by molar-refractivity contribution is 0.611.